The second kappa shape index (κ2) is 9.11. The summed E-state index contributed by atoms with van der Waals surface area (Å²) in [7, 11) is -3.60. The Bertz CT molecular complexity index is 1210. The molecule has 0 saturated heterocycles. The van der Waals surface area contributed by atoms with E-state index in [2.05, 4.69) is 16.6 Å². The fourth-order valence-corrected chi connectivity index (χ4v) is 3.88. The first-order valence-corrected chi connectivity index (χ1v) is 10.5. The number of anilines is 1. The fourth-order valence-electron chi connectivity index (χ4n) is 2.62. The molecule has 1 heterocycles. The van der Waals surface area contributed by atoms with Gasteiger partial charge in [0.2, 0.25) is 5.91 Å². The van der Waals surface area contributed by atoms with Crippen molar-refractivity contribution in [3.05, 3.63) is 83.8 Å². The maximum atomic E-state index is 12.4. The van der Waals surface area contributed by atoms with Crippen molar-refractivity contribution in [1.82, 2.24) is 5.32 Å². The second-order valence-corrected chi connectivity index (χ2v) is 8.28. The molecule has 0 unspecified atom stereocenters. The number of hydrogen-bond donors (Lipinski definition) is 2. The highest BCUT2D eigenvalue weighted by atomic mass is 32.2. The third kappa shape index (κ3) is 5.37. The van der Waals surface area contributed by atoms with E-state index in [4.69, 9.17) is 10.8 Å². The zero-order chi connectivity index (χ0) is 21.6. The Morgan fingerprint density at radius 2 is 1.77 bits per heavy atom. The molecule has 3 rings (SSSR count). The van der Waals surface area contributed by atoms with Gasteiger partial charge in [-0.2, -0.15) is 0 Å². The first kappa shape index (κ1) is 20.9. The van der Waals surface area contributed by atoms with Crippen LogP contribution in [0.15, 0.2) is 76.0 Å². The molecule has 0 spiro atoms. The summed E-state index contributed by atoms with van der Waals surface area (Å²) in [5, 5.41) is 5.04. The highest BCUT2D eigenvalue weighted by molar-refractivity contribution is 7.90. The predicted octanol–water partition coefficient (Wildman–Crippen LogP) is 2.60. The van der Waals surface area contributed by atoms with E-state index in [0.29, 0.717) is 11.3 Å². The minimum atomic E-state index is -3.60. The number of carbonyl (C=O) groups is 2. The summed E-state index contributed by atoms with van der Waals surface area (Å²) < 4.78 is 30.1. The second-order valence-electron chi connectivity index (χ2n) is 6.29. The maximum Gasteiger partial charge on any atom is 0.287 e. The zero-order valence-corrected chi connectivity index (χ0v) is 16.6. The average molecular weight is 422 g/mol. The molecule has 3 aromatic rings. The fraction of sp³-hybridized carbons (Fsp3) is 0.0909. The van der Waals surface area contributed by atoms with Crippen LogP contribution >= 0.6 is 0 Å². The number of hydrogen-bond acceptors (Lipinski definition) is 5. The Labute approximate surface area is 174 Å². The maximum absolute atomic E-state index is 12.4. The van der Waals surface area contributed by atoms with Gasteiger partial charge in [0, 0.05) is 11.3 Å². The van der Waals surface area contributed by atoms with E-state index in [0.717, 1.165) is 0 Å². The van der Waals surface area contributed by atoms with E-state index in [1.54, 1.807) is 42.5 Å². The van der Waals surface area contributed by atoms with Gasteiger partial charge in [-0.25, -0.2) is 8.42 Å². The number of benzene rings is 2. The van der Waals surface area contributed by atoms with Gasteiger partial charge in [0.15, 0.2) is 15.6 Å². The van der Waals surface area contributed by atoms with Crippen LogP contribution in [0.3, 0.4) is 0 Å². The van der Waals surface area contributed by atoms with Crippen LogP contribution in [0, 0.1) is 12.3 Å². The number of amides is 2. The lowest BCUT2D eigenvalue weighted by Gasteiger charge is -2.06. The topological polar surface area (TPSA) is 105 Å². The molecule has 0 radical (unpaired) electrons. The van der Waals surface area contributed by atoms with Crippen molar-refractivity contribution < 1.29 is 22.4 Å². The lowest BCUT2D eigenvalue weighted by molar-refractivity contribution is -0.115. The van der Waals surface area contributed by atoms with E-state index >= 15 is 0 Å². The highest BCUT2D eigenvalue weighted by Crippen LogP contribution is 2.18. The van der Waals surface area contributed by atoms with E-state index in [-0.39, 0.29) is 28.7 Å². The van der Waals surface area contributed by atoms with Gasteiger partial charge < -0.3 is 15.1 Å². The Morgan fingerprint density at radius 3 is 2.50 bits per heavy atom. The van der Waals surface area contributed by atoms with Crippen LogP contribution in [0.4, 0.5) is 5.69 Å². The molecule has 0 aliphatic heterocycles. The van der Waals surface area contributed by atoms with Gasteiger partial charge in [0.1, 0.15) is 11.5 Å². The predicted molar refractivity (Wildman–Crippen MR) is 111 cm³/mol. The minimum Gasteiger partial charge on any atom is -0.455 e. The summed E-state index contributed by atoms with van der Waals surface area (Å²) in [5.74, 6) is 1.04. The lowest BCUT2D eigenvalue weighted by atomic mass is 10.2. The van der Waals surface area contributed by atoms with Crippen molar-refractivity contribution in [3.63, 3.8) is 0 Å². The van der Waals surface area contributed by atoms with Crippen LogP contribution < -0.4 is 10.6 Å². The molecular formula is C22H18N2O5S. The van der Waals surface area contributed by atoms with Gasteiger partial charge in [-0.15, -0.1) is 6.42 Å². The zero-order valence-electron chi connectivity index (χ0n) is 15.8. The molecule has 2 aromatic carbocycles. The van der Waals surface area contributed by atoms with Crippen molar-refractivity contribution in [2.45, 2.75) is 10.6 Å². The van der Waals surface area contributed by atoms with Gasteiger partial charge >= 0.3 is 0 Å². The van der Waals surface area contributed by atoms with Crippen LogP contribution in [0.2, 0.25) is 0 Å². The summed E-state index contributed by atoms with van der Waals surface area (Å²) >= 11 is 0. The first-order valence-electron chi connectivity index (χ1n) is 8.88. The SMILES string of the molecule is C#Cc1cccc(NC(=O)CNC(=O)c2ccc(CS(=O)(=O)c3ccccc3)o2)c1. The molecule has 30 heavy (non-hydrogen) atoms. The largest absolute Gasteiger partial charge is 0.455 e. The van der Waals surface area contributed by atoms with Crippen LogP contribution in [0.5, 0.6) is 0 Å². The van der Waals surface area contributed by atoms with Crippen LogP contribution in [-0.4, -0.2) is 26.8 Å². The Hall–Kier alpha value is -3.83. The Kier molecular flexibility index (Phi) is 6.35. The number of sulfone groups is 1. The quantitative estimate of drug-likeness (QED) is 0.570. The van der Waals surface area contributed by atoms with Gasteiger partial charge in [0.25, 0.3) is 5.91 Å². The van der Waals surface area contributed by atoms with Crippen LogP contribution in [-0.2, 0) is 20.4 Å². The first-order chi connectivity index (χ1) is 14.4. The van der Waals surface area contributed by atoms with Crippen molar-refractivity contribution in [1.29, 1.82) is 0 Å². The van der Waals surface area contributed by atoms with Crippen molar-refractivity contribution in [3.8, 4) is 12.3 Å². The third-order valence-corrected chi connectivity index (χ3v) is 5.70. The smallest absolute Gasteiger partial charge is 0.287 e. The van der Waals surface area contributed by atoms with Crippen LogP contribution in [0.1, 0.15) is 21.9 Å². The Morgan fingerprint density at radius 1 is 1.00 bits per heavy atom. The van der Waals surface area contributed by atoms with Gasteiger partial charge in [-0.3, -0.25) is 9.59 Å². The molecule has 152 valence electrons. The van der Waals surface area contributed by atoms with Crippen LogP contribution in [0.25, 0.3) is 0 Å². The highest BCUT2D eigenvalue weighted by Gasteiger charge is 2.19. The monoisotopic (exact) mass is 422 g/mol. The molecule has 2 amide bonds. The standard InChI is InChI=1S/C22H18N2O5S/c1-2-16-7-6-8-17(13-16)24-21(25)14-23-22(26)20-12-11-18(29-20)15-30(27,28)19-9-4-3-5-10-19/h1,3-13H,14-15H2,(H,23,26)(H,24,25). The summed E-state index contributed by atoms with van der Waals surface area (Å²) in [4.78, 5) is 24.4. The molecular weight excluding hydrogens is 404 g/mol. The third-order valence-electron chi connectivity index (χ3n) is 4.04. The molecule has 7 nitrogen and oxygen atoms in total. The normalized spacial score (nSPS) is 10.8. The molecule has 8 heteroatoms. The van der Waals surface area contributed by atoms with E-state index in [1.807, 2.05) is 0 Å². The van der Waals surface area contributed by atoms with Gasteiger partial charge in [0.05, 0.1) is 11.4 Å². The molecule has 2 N–H and O–H groups in total. The summed E-state index contributed by atoms with van der Waals surface area (Å²) in [5.41, 5.74) is 1.13. The Balaban J connectivity index is 1.56. The summed E-state index contributed by atoms with van der Waals surface area (Å²) in [6.07, 6.45) is 5.32. The molecule has 0 aliphatic rings. The lowest BCUT2D eigenvalue weighted by Crippen LogP contribution is -2.32. The number of rotatable bonds is 7. The van der Waals surface area contributed by atoms with Crippen molar-refractivity contribution in [2.24, 2.45) is 0 Å². The number of terminal acetylenes is 1. The summed E-state index contributed by atoms with van der Waals surface area (Å²) in [6.45, 7) is -0.294. The number of carbonyl (C=O) groups excluding carboxylic acids is 2. The number of furan rings is 1. The molecule has 1 aromatic heterocycles. The van der Waals surface area contributed by atoms with Crippen molar-refractivity contribution >= 4 is 27.3 Å². The molecule has 0 atom stereocenters. The van der Waals surface area contributed by atoms with E-state index < -0.39 is 21.7 Å². The summed E-state index contributed by atoms with van der Waals surface area (Å²) in [6, 6.07) is 17.5. The molecule has 0 aliphatic carbocycles. The van der Waals surface area contributed by atoms with Gasteiger partial charge in [-0.1, -0.05) is 30.2 Å². The molecule has 0 bridgehead atoms. The van der Waals surface area contributed by atoms with E-state index in [9.17, 15) is 18.0 Å². The average Bonchev–Trinajstić information content (AvgIpc) is 3.20. The molecule has 0 fully saturated rings. The van der Waals surface area contributed by atoms with E-state index in [1.165, 1.54) is 24.3 Å². The number of nitrogens with one attached hydrogen (secondary N) is 2. The van der Waals surface area contributed by atoms with Crippen molar-refractivity contribution in [2.75, 3.05) is 11.9 Å². The van der Waals surface area contributed by atoms with Gasteiger partial charge in [-0.05, 0) is 42.5 Å². The minimum absolute atomic E-state index is 0.0876. The molecule has 0 saturated carbocycles.